The van der Waals surface area contributed by atoms with Crippen LogP contribution in [0.3, 0.4) is 0 Å². The van der Waals surface area contributed by atoms with Crippen molar-refractivity contribution >= 4 is 21.8 Å². The minimum absolute atomic E-state index is 0.0267. The number of amides is 1. The molecule has 5 heteroatoms. The summed E-state index contributed by atoms with van der Waals surface area (Å²) in [5.74, 6) is 0.307. The van der Waals surface area contributed by atoms with Gasteiger partial charge in [-0.05, 0) is 41.1 Å². The second-order valence-electron chi connectivity index (χ2n) is 3.02. The quantitative estimate of drug-likeness (QED) is 0.905. The molecule has 0 aliphatic carbocycles. The lowest BCUT2D eigenvalue weighted by Gasteiger charge is -2.08. The highest BCUT2D eigenvalue weighted by molar-refractivity contribution is 9.10. The number of ether oxygens (including phenoxy) is 1. The van der Waals surface area contributed by atoms with Gasteiger partial charge < -0.3 is 10.1 Å². The maximum Gasteiger partial charge on any atom is 0.251 e. The number of nitrogens with one attached hydrogen (secondary N) is 1. The molecule has 0 aliphatic rings. The van der Waals surface area contributed by atoms with E-state index in [0.29, 0.717) is 17.9 Å². The minimum Gasteiger partial charge on any atom is -0.493 e. The molecule has 1 rings (SSSR count). The fourth-order valence-electron chi connectivity index (χ4n) is 1.17. The fourth-order valence-corrected chi connectivity index (χ4v) is 1.53. The topological polar surface area (TPSA) is 38.3 Å². The van der Waals surface area contributed by atoms with Gasteiger partial charge in [0.05, 0.1) is 11.1 Å². The van der Waals surface area contributed by atoms with Gasteiger partial charge in [0.1, 0.15) is 12.4 Å². The average Bonchev–Trinajstić information content (AvgIpc) is 2.29. The number of hydrogen-bond acceptors (Lipinski definition) is 2. The molecule has 16 heavy (non-hydrogen) atoms. The molecule has 1 aromatic rings. The molecular formula is C11H13BrFNO2. The van der Waals surface area contributed by atoms with Crippen molar-refractivity contribution in [3.8, 4) is 5.75 Å². The van der Waals surface area contributed by atoms with Crippen LogP contribution in [0.25, 0.3) is 0 Å². The van der Waals surface area contributed by atoms with Crippen LogP contribution in [-0.4, -0.2) is 25.7 Å². The highest BCUT2D eigenvalue weighted by Gasteiger charge is 2.08. The third-order valence-corrected chi connectivity index (χ3v) is 2.53. The van der Waals surface area contributed by atoms with Gasteiger partial charge in [0.25, 0.3) is 5.91 Å². The Morgan fingerprint density at radius 3 is 2.94 bits per heavy atom. The molecule has 0 fully saturated rings. The molecule has 0 saturated carbocycles. The van der Waals surface area contributed by atoms with Gasteiger partial charge in [-0.3, -0.25) is 4.79 Å². The maximum atomic E-state index is 11.9. The van der Waals surface area contributed by atoms with Crippen LogP contribution in [0.15, 0.2) is 22.7 Å². The number of hydrogen-bond donors (Lipinski definition) is 1. The van der Waals surface area contributed by atoms with Crippen LogP contribution in [-0.2, 0) is 0 Å². The first kappa shape index (κ1) is 13.0. The summed E-state index contributed by atoms with van der Waals surface area (Å²) < 4.78 is 18.0. The maximum absolute atomic E-state index is 11.9. The standard InChI is InChI=1S/C11H13BrFNO2/c1-2-16-10-7-8(3-4-9(10)12)11(15)14-6-5-13/h3-4,7H,2,5-6H2,1H3,(H,14,15). The average molecular weight is 290 g/mol. The van der Waals surface area contributed by atoms with E-state index in [2.05, 4.69) is 21.2 Å². The Hall–Kier alpha value is -1.10. The summed E-state index contributed by atoms with van der Waals surface area (Å²) in [7, 11) is 0. The molecule has 0 heterocycles. The van der Waals surface area contributed by atoms with Gasteiger partial charge in [0.2, 0.25) is 0 Å². The van der Waals surface area contributed by atoms with Crippen LogP contribution < -0.4 is 10.1 Å². The largest absolute Gasteiger partial charge is 0.493 e. The lowest BCUT2D eigenvalue weighted by molar-refractivity contribution is 0.0950. The predicted octanol–water partition coefficient (Wildman–Crippen LogP) is 2.55. The van der Waals surface area contributed by atoms with E-state index in [-0.39, 0.29) is 12.5 Å². The van der Waals surface area contributed by atoms with Crippen molar-refractivity contribution in [1.29, 1.82) is 0 Å². The van der Waals surface area contributed by atoms with Gasteiger partial charge >= 0.3 is 0 Å². The lowest BCUT2D eigenvalue weighted by Crippen LogP contribution is -2.25. The molecule has 0 saturated heterocycles. The van der Waals surface area contributed by atoms with Crippen LogP contribution in [0.4, 0.5) is 4.39 Å². The fraction of sp³-hybridized carbons (Fsp3) is 0.364. The predicted molar refractivity (Wildman–Crippen MR) is 63.6 cm³/mol. The zero-order valence-electron chi connectivity index (χ0n) is 8.93. The van der Waals surface area contributed by atoms with Gasteiger partial charge in [0.15, 0.2) is 0 Å². The molecule has 3 nitrogen and oxygen atoms in total. The molecule has 1 aromatic carbocycles. The Labute approximate surface area is 102 Å². The monoisotopic (exact) mass is 289 g/mol. The van der Waals surface area contributed by atoms with Crippen LogP contribution in [0, 0.1) is 0 Å². The Morgan fingerprint density at radius 2 is 2.31 bits per heavy atom. The first-order chi connectivity index (χ1) is 7.69. The van der Waals surface area contributed by atoms with Gasteiger partial charge in [-0.1, -0.05) is 0 Å². The van der Waals surface area contributed by atoms with Gasteiger partial charge in [0, 0.05) is 12.1 Å². The van der Waals surface area contributed by atoms with Gasteiger partial charge in [-0.15, -0.1) is 0 Å². The van der Waals surface area contributed by atoms with Crippen molar-refractivity contribution in [2.45, 2.75) is 6.92 Å². The Kier molecular flexibility index (Phi) is 5.25. The number of rotatable bonds is 5. The van der Waals surface area contributed by atoms with E-state index >= 15 is 0 Å². The van der Waals surface area contributed by atoms with Gasteiger partial charge in [-0.2, -0.15) is 0 Å². The summed E-state index contributed by atoms with van der Waals surface area (Å²) in [5, 5.41) is 2.45. The number of carbonyl (C=O) groups is 1. The molecule has 1 amide bonds. The van der Waals surface area contributed by atoms with E-state index in [1.54, 1.807) is 18.2 Å². The smallest absolute Gasteiger partial charge is 0.251 e. The van der Waals surface area contributed by atoms with Crippen LogP contribution in [0.5, 0.6) is 5.75 Å². The summed E-state index contributed by atoms with van der Waals surface area (Å²) in [6, 6.07) is 5.01. The van der Waals surface area contributed by atoms with Crippen molar-refractivity contribution in [3.05, 3.63) is 28.2 Å². The number of halogens is 2. The Morgan fingerprint density at radius 1 is 1.56 bits per heavy atom. The molecule has 88 valence electrons. The summed E-state index contributed by atoms with van der Waals surface area (Å²) in [6.45, 7) is 1.84. The summed E-state index contributed by atoms with van der Waals surface area (Å²) >= 11 is 3.32. The molecule has 1 N–H and O–H groups in total. The van der Waals surface area contributed by atoms with Gasteiger partial charge in [-0.25, -0.2) is 4.39 Å². The molecule has 0 radical (unpaired) electrons. The van der Waals surface area contributed by atoms with Crippen molar-refractivity contribution in [1.82, 2.24) is 5.32 Å². The summed E-state index contributed by atoms with van der Waals surface area (Å²) in [4.78, 5) is 11.5. The Bertz CT molecular complexity index is 371. The zero-order valence-corrected chi connectivity index (χ0v) is 10.5. The summed E-state index contributed by atoms with van der Waals surface area (Å²) in [5.41, 5.74) is 0.458. The molecule has 0 atom stereocenters. The van der Waals surface area contributed by atoms with E-state index < -0.39 is 6.67 Å². The summed E-state index contributed by atoms with van der Waals surface area (Å²) in [6.07, 6.45) is 0. The lowest BCUT2D eigenvalue weighted by atomic mass is 10.2. The highest BCUT2D eigenvalue weighted by atomic mass is 79.9. The van der Waals surface area contributed by atoms with E-state index in [0.717, 1.165) is 4.47 Å². The van der Waals surface area contributed by atoms with E-state index in [9.17, 15) is 9.18 Å². The Balaban J connectivity index is 2.81. The third kappa shape index (κ3) is 3.48. The number of benzene rings is 1. The van der Waals surface area contributed by atoms with Crippen LogP contribution >= 0.6 is 15.9 Å². The van der Waals surface area contributed by atoms with Crippen LogP contribution in [0.1, 0.15) is 17.3 Å². The van der Waals surface area contributed by atoms with Crippen LogP contribution in [0.2, 0.25) is 0 Å². The third-order valence-electron chi connectivity index (χ3n) is 1.87. The molecule has 0 bridgehead atoms. The van der Waals surface area contributed by atoms with Crippen molar-refractivity contribution in [2.24, 2.45) is 0 Å². The minimum atomic E-state index is -0.569. The van der Waals surface area contributed by atoms with Crippen molar-refractivity contribution < 1.29 is 13.9 Å². The van der Waals surface area contributed by atoms with E-state index in [1.807, 2.05) is 6.92 Å². The first-order valence-electron chi connectivity index (χ1n) is 4.95. The zero-order chi connectivity index (χ0) is 12.0. The molecule has 0 unspecified atom stereocenters. The van der Waals surface area contributed by atoms with Crippen molar-refractivity contribution in [3.63, 3.8) is 0 Å². The molecule has 0 spiro atoms. The number of carbonyl (C=O) groups excluding carboxylic acids is 1. The van der Waals surface area contributed by atoms with E-state index in [4.69, 9.17) is 4.74 Å². The normalized spacial score (nSPS) is 9.94. The highest BCUT2D eigenvalue weighted by Crippen LogP contribution is 2.25. The molecular weight excluding hydrogens is 277 g/mol. The van der Waals surface area contributed by atoms with Crippen molar-refractivity contribution in [2.75, 3.05) is 19.8 Å². The first-order valence-corrected chi connectivity index (χ1v) is 5.74. The van der Waals surface area contributed by atoms with E-state index in [1.165, 1.54) is 0 Å². The molecule has 0 aromatic heterocycles. The number of alkyl halides is 1. The SMILES string of the molecule is CCOc1cc(C(=O)NCCF)ccc1Br. The second kappa shape index (κ2) is 6.48. The molecule has 0 aliphatic heterocycles. The second-order valence-corrected chi connectivity index (χ2v) is 3.88.